The Bertz CT molecular complexity index is 946. The molecule has 0 saturated carbocycles. The number of rotatable bonds is 7. The summed E-state index contributed by atoms with van der Waals surface area (Å²) in [7, 11) is 1.71. The number of imidazole rings is 1. The van der Waals surface area contributed by atoms with Gasteiger partial charge in [-0.1, -0.05) is 25.6 Å². The SMILES string of the molecule is COCCCn1c(SC)nc2cc3[nH]c(=O)c(CC(C)C)nc3cc21. The Hall–Kier alpha value is -1.86. The quantitative estimate of drug-likeness (QED) is 0.517. The first-order chi connectivity index (χ1) is 12.0. The Labute approximate surface area is 151 Å². The minimum Gasteiger partial charge on any atom is -0.385 e. The molecule has 0 radical (unpaired) electrons. The number of aromatic nitrogens is 4. The van der Waals surface area contributed by atoms with Gasteiger partial charge in [-0.3, -0.25) is 4.79 Å². The van der Waals surface area contributed by atoms with Gasteiger partial charge in [0.15, 0.2) is 5.16 Å². The maximum atomic E-state index is 12.2. The Kier molecular flexibility index (Phi) is 5.44. The number of hydrogen-bond donors (Lipinski definition) is 1. The third-order valence-corrected chi connectivity index (χ3v) is 4.79. The van der Waals surface area contributed by atoms with Crippen LogP contribution in [-0.2, 0) is 17.7 Å². The fourth-order valence-electron chi connectivity index (χ4n) is 2.99. The summed E-state index contributed by atoms with van der Waals surface area (Å²) in [4.78, 5) is 24.5. The first kappa shape index (κ1) is 17.9. The molecule has 2 aromatic heterocycles. The Morgan fingerprint density at radius 2 is 2.08 bits per heavy atom. The molecule has 0 aliphatic heterocycles. The number of nitrogens with zero attached hydrogens (tertiary/aromatic N) is 3. The number of fused-ring (bicyclic) bond motifs is 2. The lowest BCUT2D eigenvalue weighted by atomic mass is 10.1. The molecular weight excluding hydrogens is 336 g/mol. The van der Waals surface area contributed by atoms with Crippen molar-refractivity contribution in [2.24, 2.45) is 5.92 Å². The zero-order valence-corrected chi connectivity index (χ0v) is 15.9. The normalized spacial score (nSPS) is 11.9. The molecule has 0 unspecified atom stereocenters. The van der Waals surface area contributed by atoms with E-state index in [2.05, 4.69) is 28.4 Å². The number of methoxy groups -OCH3 is 1. The highest BCUT2D eigenvalue weighted by atomic mass is 32.2. The van der Waals surface area contributed by atoms with Crippen LogP contribution in [0.2, 0.25) is 0 Å². The molecule has 0 fully saturated rings. The number of thioether (sulfide) groups is 1. The second kappa shape index (κ2) is 7.58. The Morgan fingerprint density at radius 1 is 1.28 bits per heavy atom. The lowest BCUT2D eigenvalue weighted by Gasteiger charge is -2.08. The molecule has 0 spiro atoms. The topological polar surface area (TPSA) is 72.8 Å². The van der Waals surface area contributed by atoms with Crippen LogP contribution in [0.4, 0.5) is 0 Å². The molecule has 134 valence electrons. The van der Waals surface area contributed by atoms with E-state index in [0.717, 1.165) is 40.2 Å². The van der Waals surface area contributed by atoms with Crippen molar-refractivity contribution in [3.63, 3.8) is 0 Å². The summed E-state index contributed by atoms with van der Waals surface area (Å²) in [5.74, 6) is 0.387. The van der Waals surface area contributed by atoms with Gasteiger partial charge in [0.1, 0.15) is 5.69 Å². The minimum atomic E-state index is -0.106. The molecule has 3 rings (SSSR count). The fraction of sp³-hybridized carbons (Fsp3) is 0.500. The largest absolute Gasteiger partial charge is 0.385 e. The molecule has 0 bridgehead atoms. The molecule has 1 N–H and O–H groups in total. The fourth-order valence-corrected chi connectivity index (χ4v) is 3.58. The second-order valence-corrected chi connectivity index (χ2v) is 7.34. The summed E-state index contributed by atoms with van der Waals surface area (Å²) in [6.45, 7) is 5.73. The van der Waals surface area contributed by atoms with E-state index in [1.165, 1.54) is 0 Å². The van der Waals surface area contributed by atoms with E-state index in [4.69, 9.17) is 9.72 Å². The summed E-state index contributed by atoms with van der Waals surface area (Å²) in [5, 5.41) is 0.964. The third kappa shape index (κ3) is 3.72. The summed E-state index contributed by atoms with van der Waals surface area (Å²) < 4.78 is 7.37. The summed E-state index contributed by atoms with van der Waals surface area (Å²) in [6.07, 6.45) is 3.62. The van der Waals surface area contributed by atoms with E-state index in [0.29, 0.717) is 24.6 Å². The molecule has 3 aromatic rings. The van der Waals surface area contributed by atoms with Crippen LogP contribution in [0.1, 0.15) is 26.0 Å². The maximum absolute atomic E-state index is 12.2. The first-order valence-electron chi connectivity index (χ1n) is 8.49. The molecule has 0 amide bonds. The van der Waals surface area contributed by atoms with Crippen molar-refractivity contribution in [3.8, 4) is 0 Å². The van der Waals surface area contributed by atoms with Crippen LogP contribution < -0.4 is 5.56 Å². The standard InChI is InChI=1S/C18H24N4O2S/c1-11(2)8-15-17(23)20-12-9-14-16(10-13(12)19-15)22(6-5-7-24-3)18(21-14)25-4/h9-11H,5-8H2,1-4H3,(H,20,23). The number of benzene rings is 1. The highest BCUT2D eigenvalue weighted by Crippen LogP contribution is 2.26. The molecule has 0 aliphatic carbocycles. The van der Waals surface area contributed by atoms with Gasteiger partial charge >= 0.3 is 0 Å². The van der Waals surface area contributed by atoms with Crippen molar-refractivity contribution < 1.29 is 4.74 Å². The van der Waals surface area contributed by atoms with E-state index in [1.54, 1.807) is 18.9 Å². The van der Waals surface area contributed by atoms with Gasteiger partial charge < -0.3 is 14.3 Å². The minimum absolute atomic E-state index is 0.106. The van der Waals surface area contributed by atoms with E-state index in [-0.39, 0.29) is 5.56 Å². The van der Waals surface area contributed by atoms with Crippen molar-refractivity contribution in [3.05, 3.63) is 28.2 Å². The van der Waals surface area contributed by atoms with Crippen molar-refractivity contribution in [2.45, 2.75) is 38.4 Å². The lowest BCUT2D eigenvalue weighted by Crippen LogP contribution is -2.17. The molecule has 0 atom stereocenters. The number of aryl methyl sites for hydroxylation is 1. The van der Waals surface area contributed by atoms with Gasteiger partial charge in [-0.25, -0.2) is 9.97 Å². The summed E-state index contributed by atoms with van der Waals surface area (Å²) in [5.41, 5.74) is 3.95. The maximum Gasteiger partial charge on any atom is 0.270 e. The highest BCUT2D eigenvalue weighted by Gasteiger charge is 2.13. The zero-order valence-electron chi connectivity index (χ0n) is 15.1. The van der Waals surface area contributed by atoms with Crippen LogP contribution >= 0.6 is 11.8 Å². The van der Waals surface area contributed by atoms with Gasteiger partial charge in [-0.2, -0.15) is 0 Å². The van der Waals surface area contributed by atoms with E-state index >= 15 is 0 Å². The predicted molar refractivity (Wildman–Crippen MR) is 102 cm³/mol. The second-order valence-electron chi connectivity index (χ2n) is 6.57. The van der Waals surface area contributed by atoms with Gasteiger partial charge in [0.25, 0.3) is 5.56 Å². The Morgan fingerprint density at radius 3 is 2.76 bits per heavy atom. The van der Waals surface area contributed by atoms with E-state index < -0.39 is 0 Å². The van der Waals surface area contributed by atoms with Crippen molar-refractivity contribution in [1.29, 1.82) is 0 Å². The third-order valence-electron chi connectivity index (χ3n) is 4.11. The molecule has 0 aliphatic rings. The molecular formula is C18H24N4O2S. The molecule has 25 heavy (non-hydrogen) atoms. The van der Waals surface area contributed by atoms with Gasteiger partial charge in [-0.15, -0.1) is 0 Å². The number of ether oxygens (including phenoxy) is 1. The molecule has 6 nitrogen and oxygen atoms in total. The smallest absolute Gasteiger partial charge is 0.270 e. The molecule has 7 heteroatoms. The molecule has 0 saturated heterocycles. The predicted octanol–water partition coefficient (Wildman–Crippen LogP) is 3.23. The number of nitrogens with one attached hydrogen (secondary N) is 1. The van der Waals surface area contributed by atoms with Crippen LogP contribution in [0.25, 0.3) is 22.1 Å². The average Bonchev–Trinajstić information content (AvgIpc) is 2.90. The lowest BCUT2D eigenvalue weighted by molar-refractivity contribution is 0.190. The van der Waals surface area contributed by atoms with Gasteiger partial charge in [-0.05, 0) is 37.1 Å². The van der Waals surface area contributed by atoms with Crippen LogP contribution in [0.3, 0.4) is 0 Å². The van der Waals surface area contributed by atoms with Crippen molar-refractivity contribution in [1.82, 2.24) is 19.5 Å². The monoisotopic (exact) mass is 360 g/mol. The van der Waals surface area contributed by atoms with E-state index in [1.807, 2.05) is 18.4 Å². The van der Waals surface area contributed by atoms with Crippen LogP contribution in [0.15, 0.2) is 22.1 Å². The first-order valence-corrected chi connectivity index (χ1v) is 9.72. The number of aromatic amines is 1. The van der Waals surface area contributed by atoms with Crippen LogP contribution in [0.5, 0.6) is 0 Å². The zero-order chi connectivity index (χ0) is 18.0. The summed E-state index contributed by atoms with van der Waals surface area (Å²) in [6, 6.07) is 3.95. The molecule has 1 aromatic carbocycles. The number of H-pyrrole nitrogens is 1. The van der Waals surface area contributed by atoms with Crippen molar-refractivity contribution in [2.75, 3.05) is 20.0 Å². The number of hydrogen-bond acceptors (Lipinski definition) is 5. The van der Waals surface area contributed by atoms with Gasteiger partial charge in [0, 0.05) is 20.3 Å². The van der Waals surface area contributed by atoms with E-state index in [9.17, 15) is 4.79 Å². The van der Waals surface area contributed by atoms with Crippen molar-refractivity contribution >= 4 is 33.8 Å². The average molecular weight is 360 g/mol. The Balaban J connectivity index is 2.13. The van der Waals surface area contributed by atoms with Gasteiger partial charge in [0.05, 0.1) is 22.1 Å². The summed E-state index contributed by atoms with van der Waals surface area (Å²) >= 11 is 1.62. The molecule has 2 heterocycles. The van der Waals surface area contributed by atoms with Crippen LogP contribution in [0, 0.1) is 5.92 Å². The van der Waals surface area contributed by atoms with Gasteiger partial charge in [0.2, 0.25) is 0 Å². The van der Waals surface area contributed by atoms with Crippen LogP contribution in [-0.4, -0.2) is 39.5 Å². The highest BCUT2D eigenvalue weighted by molar-refractivity contribution is 7.98.